The van der Waals surface area contributed by atoms with E-state index >= 15 is 0 Å². The Balaban J connectivity index is 2.55. The first-order valence-electron chi connectivity index (χ1n) is 4.96. The molecule has 3 nitrogen and oxygen atoms in total. The third-order valence-corrected chi connectivity index (χ3v) is 3.33. The van der Waals surface area contributed by atoms with E-state index in [9.17, 15) is 17.2 Å². The Morgan fingerprint density at radius 1 is 0.889 bits per heavy atom. The third-order valence-electron chi connectivity index (χ3n) is 2.42. The SMILES string of the molecule is NS(=O)(=O)c1cccc(-c2ccc(F)c(F)c2)c1. The summed E-state index contributed by atoms with van der Waals surface area (Å²) in [4.78, 5) is -0.0790. The van der Waals surface area contributed by atoms with Crippen LogP contribution in [0.25, 0.3) is 11.1 Å². The Hall–Kier alpha value is -1.79. The number of halogens is 2. The molecule has 0 bridgehead atoms. The van der Waals surface area contributed by atoms with Gasteiger partial charge in [0, 0.05) is 0 Å². The van der Waals surface area contributed by atoms with Gasteiger partial charge in [-0.25, -0.2) is 22.3 Å². The number of hydrogen-bond acceptors (Lipinski definition) is 2. The van der Waals surface area contributed by atoms with Gasteiger partial charge in [0.2, 0.25) is 10.0 Å². The maximum Gasteiger partial charge on any atom is 0.238 e. The summed E-state index contributed by atoms with van der Waals surface area (Å²) in [7, 11) is -3.82. The van der Waals surface area contributed by atoms with Gasteiger partial charge in [-0.2, -0.15) is 0 Å². The molecule has 0 unspecified atom stereocenters. The van der Waals surface area contributed by atoms with Gasteiger partial charge in [-0.3, -0.25) is 0 Å². The van der Waals surface area contributed by atoms with Crippen LogP contribution >= 0.6 is 0 Å². The van der Waals surface area contributed by atoms with Gasteiger partial charge in [0.05, 0.1) is 4.90 Å². The minimum absolute atomic E-state index is 0.0790. The van der Waals surface area contributed by atoms with Crippen molar-refractivity contribution in [3.8, 4) is 11.1 Å². The van der Waals surface area contributed by atoms with Crippen molar-refractivity contribution in [2.75, 3.05) is 0 Å². The van der Waals surface area contributed by atoms with E-state index in [2.05, 4.69) is 0 Å². The first-order valence-corrected chi connectivity index (χ1v) is 6.51. The first-order chi connectivity index (χ1) is 8.38. The van der Waals surface area contributed by atoms with Crippen molar-refractivity contribution >= 4 is 10.0 Å². The molecular weight excluding hydrogens is 260 g/mol. The largest absolute Gasteiger partial charge is 0.238 e. The van der Waals surface area contributed by atoms with E-state index in [1.807, 2.05) is 0 Å². The van der Waals surface area contributed by atoms with Crippen LogP contribution in [0, 0.1) is 11.6 Å². The summed E-state index contributed by atoms with van der Waals surface area (Å²) in [5.41, 5.74) is 0.819. The molecule has 0 saturated carbocycles. The molecule has 0 saturated heterocycles. The van der Waals surface area contributed by atoms with E-state index in [0.29, 0.717) is 11.1 Å². The molecule has 2 rings (SSSR count). The fraction of sp³-hybridized carbons (Fsp3) is 0. The average molecular weight is 269 g/mol. The van der Waals surface area contributed by atoms with Crippen molar-refractivity contribution in [1.82, 2.24) is 0 Å². The van der Waals surface area contributed by atoms with E-state index < -0.39 is 21.7 Å². The number of hydrogen-bond donors (Lipinski definition) is 1. The molecule has 2 aromatic rings. The molecule has 0 aliphatic heterocycles. The molecule has 18 heavy (non-hydrogen) atoms. The molecule has 2 N–H and O–H groups in total. The summed E-state index contributed by atoms with van der Waals surface area (Å²) >= 11 is 0. The Morgan fingerprint density at radius 3 is 2.17 bits per heavy atom. The first kappa shape index (κ1) is 12.7. The van der Waals surface area contributed by atoms with Crippen LogP contribution in [0.5, 0.6) is 0 Å². The highest BCUT2D eigenvalue weighted by molar-refractivity contribution is 7.89. The van der Waals surface area contributed by atoms with Crippen molar-refractivity contribution in [1.29, 1.82) is 0 Å². The molecule has 2 aromatic carbocycles. The van der Waals surface area contributed by atoms with Crippen LogP contribution in [0.4, 0.5) is 8.78 Å². The molecule has 0 fully saturated rings. The van der Waals surface area contributed by atoms with Gasteiger partial charge in [-0.05, 0) is 35.4 Å². The monoisotopic (exact) mass is 269 g/mol. The Kier molecular flexibility index (Phi) is 3.14. The van der Waals surface area contributed by atoms with Crippen molar-refractivity contribution < 1.29 is 17.2 Å². The molecule has 0 aliphatic carbocycles. The Labute approximate surface area is 103 Å². The maximum absolute atomic E-state index is 13.1. The number of nitrogens with two attached hydrogens (primary N) is 1. The smallest absolute Gasteiger partial charge is 0.225 e. The third kappa shape index (κ3) is 2.55. The molecule has 0 radical (unpaired) electrons. The maximum atomic E-state index is 13.1. The lowest BCUT2D eigenvalue weighted by molar-refractivity contribution is 0.509. The van der Waals surface area contributed by atoms with Crippen LogP contribution in [0.2, 0.25) is 0 Å². The second-order valence-electron chi connectivity index (χ2n) is 3.70. The highest BCUT2D eigenvalue weighted by atomic mass is 32.2. The van der Waals surface area contributed by atoms with Gasteiger partial charge in [0.15, 0.2) is 11.6 Å². The lowest BCUT2D eigenvalue weighted by Crippen LogP contribution is -2.11. The van der Waals surface area contributed by atoms with Gasteiger partial charge in [-0.1, -0.05) is 18.2 Å². The van der Waals surface area contributed by atoms with Gasteiger partial charge >= 0.3 is 0 Å². The second kappa shape index (κ2) is 4.47. The zero-order chi connectivity index (χ0) is 13.3. The average Bonchev–Trinajstić information content (AvgIpc) is 2.32. The number of sulfonamides is 1. The zero-order valence-corrected chi connectivity index (χ0v) is 9.92. The zero-order valence-electron chi connectivity index (χ0n) is 9.10. The highest BCUT2D eigenvalue weighted by Crippen LogP contribution is 2.23. The highest BCUT2D eigenvalue weighted by Gasteiger charge is 2.10. The quantitative estimate of drug-likeness (QED) is 0.909. The van der Waals surface area contributed by atoms with E-state index in [4.69, 9.17) is 5.14 Å². The van der Waals surface area contributed by atoms with Gasteiger partial charge in [0.25, 0.3) is 0 Å². The summed E-state index contributed by atoms with van der Waals surface area (Å²) < 4.78 is 48.2. The molecule has 0 aliphatic rings. The summed E-state index contributed by atoms with van der Waals surface area (Å²) in [5, 5.41) is 5.00. The topological polar surface area (TPSA) is 60.2 Å². The van der Waals surface area contributed by atoms with Gasteiger partial charge < -0.3 is 0 Å². The summed E-state index contributed by atoms with van der Waals surface area (Å²) in [6.07, 6.45) is 0. The molecule has 0 amide bonds. The Morgan fingerprint density at radius 2 is 1.56 bits per heavy atom. The lowest BCUT2D eigenvalue weighted by Gasteiger charge is -2.04. The van der Waals surface area contributed by atoms with Gasteiger partial charge in [0.1, 0.15) is 0 Å². The molecule has 0 spiro atoms. The Bertz CT molecular complexity index is 699. The number of benzene rings is 2. The van der Waals surface area contributed by atoms with Gasteiger partial charge in [-0.15, -0.1) is 0 Å². The van der Waals surface area contributed by atoms with Crippen LogP contribution in [0.1, 0.15) is 0 Å². The van der Waals surface area contributed by atoms with Crippen LogP contribution < -0.4 is 5.14 Å². The van der Waals surface area contributed by atoms with Crippen LogP contribution in [0.15, 0.2) is 47.4 Å². The van der Waals surface area contributed by atoms with Crippen LogP contribution in [-0.2, 0) is 10.0 Å². The van der Waals surface area contributed by atoms with E-state index in [1.165, 1.54) is 24.3 Å². The standard InChI is InChI=1S/C12H9F2NO2S/c13-11-5-4-9(7-12(11)14)8-2-1-3-10(6-8)18(15,16)17/h1-7H,(H2,15,16,17). The predicted molar refractivity (Wildman–Crippen MR) is 63.2 cm³/mol. The fourth-order valence-corrected chi connectivity index (χ4v) is 2.09. The normalized spacial score (nSPS) is 11.5. The molecule has 0 heterocycles. The van der Waals surface area contributed by atoms with Crippen LogP contribution in [0.3, 0.4) is 0 Å². The number of primary sulfonamides is 1. The fourth-order valence-electron chi connectivity index (χ4n) is 1.53. The van der Waals surface area contributed by atoms with Crippen molar-refractivity contribution in [3.05, 3.63) is 54.1 Å². The number of rotatable bonds is 2. The van der Waals surface area contributed by atoms with Crippen molar-refractivity contribution in [2.24, 2.45) is 5.14 Å². The lowest BCUT2D eigenvalue weighted by atomic mass is 10.1. The summed E-state index contributed by atoms with van der Waals surface area (Å²) in [6, 6.07) is 9.05. The summed E-state index contributed by atoms with van der Waals surface area (Å²) in [5.74, 6) is -1.95. The molecule has 6 heteroatoms. The minimum atomic E-state index is -3.82. The molecule has 0 aromatic heterocycles. The molecule has 0 atom stereocenters. The van der Waals surface area contributed by atoms with Crippen LogP contribution in [-0.4, -0.2) is 8.42 Å². The second-order valence-corrected chi connectivity index (χ2v) is 5.26. The van der Waals surface area contributed by atoms with Crippen molar-refractivity contribution in [3.63, 3.8) is 0 Å². The van der Waals surface area contributed by atoms with Crippen molar-refractivity contribution in [2.45, 2.75) is 4.90 Å². The predicted octanol–water partition coefficient (Wildman–Crippen LogP) is 2.28. The molecular formula is C12H9F2NO2S. The summed E-state index contributed by atoms with van der Waals surface area (Å²) in [6.45, 7) is 0. The molecule has 94 valence electrons. The van der Waals surface area contributed by atoms with E-state index in [1.54, 1.807) is 6.07 Å². The van der Waals surface area contributed by atoms with E-state index in [0.717, 1.165) is 12.1 Å². The minimum Gasteiger partial charge on any atom is -0.225 e. The van der Waals surface area contributed by atoms with E-state index in [-0.39, 0.29) is 4.90 Å².